The van der Waals surface area contributed by atoms with Crippen LogP contribution in [0.4, 0.5) is 4.79 Å². The van der Waals surface area contributed by atoms with Gasteiger partial charge in [0.25, 0.3) is 0 Å². The van der Waals surface area contributed by atoms with E-state index in [1.165, 1.54) is 0 Å². The summed E-state index contributed by atoms with van der Waals surface area (Å²) >= 11 is 0. The number of aromatic nitrogens is 2. The fourth-order valence-electron chi connectivity index (χ4n) is 2.90. The van der Waals surface area contributed by atoms with Crippen molar-refractivity contribution in [3.05, 3.63) is 18.5 Å². The first-order valence-electron chi connectivity index (χ1n) is 8.40. The molecule has 1 fully saturated rings. The first-order chi connectivity index (χ1) is 11.1. The van der Waals surface area contributed by atoms with Crippen molar-refractivity contribution < 1.29 is 9.53 Å². The smallest absolute Gasteiger partial charge is 0.315 e. The van der Waals surface area contributed by atoms with E-state index in [0.29, 0.717) is 25.0 Å². The van der Waals surface area contributed by atoms with E-state index in [1.807, 2.05) is 23.9 Å². The zero-order chi connectivity index (χ0) is 16.7. The van der Waals surface area contributed by atoms with Crippen LogP contribution in [0.2, 0.25) is 0 Å². The van der Waals surface area contributed by atoms with Crippen LogP contribution in [0.3, 0.4) is 0 Å². The summed E-state index contributed by atoms with van der Waals surface area (Å²) in [5, 5.41) is 10.1. The minimum Gasteiger partial charge on any atom is -0.379 e. The lowest BCUT2D eigenvalue weighted by Crippen LogP contribution is -2.53. The maximum Gasteiger partial charge on any atom is 0.315 e. The molecule has 2 N–H and O–H groups in total. The van der Waals surface area contributed by atoms with Crippen LogP contribution in [0.1, 0.15) is 20.8 Å². The highest BCUT2D eigenvalue weighted by Crippen LogP contribution is 2.12. The molecule has 1 aliphatic heterocycles. The molecule has 2 heterocycles. The summed E-state index contributed by atoms with van der Waals surface area (Å²) in [6, 6.07) is 2.12. The highest BCUT2D eigenvalue weighted by molar-refractivity contribution is 5.74. The van der Waals surface area contributed by atoms with Gasteiger partial charge in [0.05, 0.1) is 19.8 Å². The van der Waals surface area contributed by atoms with Crippen molar-refractivity contribution in [1.29, 1.82) is 0 Å². The van der Waals surface area contributed by atoms with Crippen molar-refractivity contribution in [3.8, 4) is 0 Å². The Labute approximate surface area is 138 Å². The van der Waals surface area contributed by atoms with E-state index in [1.54, 1.807) is 6.20 Å². The van der Waals surface area contributed by atoms with E-state index in [-0.39, 0.29) is 12.1 Å². The molecule has 7 nitrogen and oxygen atoms in total. The SMILES string of the molecule is CC(C)[C@@H](CNC(=O)N[C@@H](C)Cn1cccn1)N1CCOCC1. The molecule has 0 unspecified atom stereocenters. The number of hydrogen-bond donors (Lipinski definition) is 2. The fourth-order valence-corrected chi connectivity index (χ4v) is 2.90. The second kappa shape index (κ2) is 8.88. The molecule has 0 radical (unpaired) electrons. The van der Waals surface area contributed by atoms with Gasteiger partial charge >= 0.3 is 6.03 Å². The third-order valence-electron chi connectivity index (χ3n) is 4.15. The predicted octanol–water partition coefficient (Wildman–Crippen LogP) is 0.928. The quantitative estimate of drug-likeness (QED) is 0.783. The summed E-state index contributed by atoms with van der Waals surface area (Å²) in [7, 11) is 0. The molecule has 1 aromatic rings. The summed E-state index contributed by atoms with van der Waals surface area (Å²) in [6.45, 7) is 11.1. The molecule has 130 valence electrons. The lowest BCUT2D eigenvalue weighted by atomic mass is 10.0. The van der Waals surface area contributed by atoms with E-state index in [2.05, 4.69) is 34.5 Å². The van der Waals surface area contributed by atoms with Crippen molar-refractivity contribution in [3.63, 3.8) is 0 Å². The highest BCUT2D eigenvalue weighted by Gasteiger charge is 2.24. The molecule has 0 saturated carbocycles. The molecular formula is C16H29N5O2. The average molecular weight is 323 g/mol. The number of morpholine rings is 1. The molecule has 7 heteroatoms. The number of hydrogen-bond acceptors (Lipinski definition) is 4. The van der Waals surface area contributed by atoms with Gasteiger partial charge in [-0.25, -0.2) is 4.79 Å². The van der Waals surface area contributed by atoms with Gasteiger partial charge in [-0.2, -0.15) is 5.10 Å². The van der Waals surface area contributed by atoms with E-state index in [0.717, 1.165) is 26.3 Å². The molecule has 23 heavy (non-hydrogen) atoms. The summed E-state index contributed by atoms with van der Waals surface area (Å²) in [5.74, 6) is 0.481. The van der Waals surface area contributed by atoms with Gasteiger partial charge in [-0.15, -0.1) is 0 Å². The molecule has 1 aliphatic rings. The molecular weight excluding hydrogens is 294 g/mol. The van der Waals surface area contributed by atoms with Crippen molar-refractivity contribution in [2.75, 3.05) is 32.8 Å². The summed E-state index contributed by atoms with van der Waals surface area (Å²) in [4.78, 5) is 14.5. The molecule has 0 spiro atoms. The van der Waals surface area contributed by atoms with E-state index in [9.17, 15) is 4.79 Å². The molecule has 1 aromatic heterocycles. The Bertz CT molecular complexity index is 457. The normalized spacial score (nSPS) is 18.6. The Morgan fingerprint density at radius 3 is 2.65 bits per heavy atom. The van der Waals surface area contributed by atoms with Gasteiger partial charge in [-0.1, -0.05) is 13.8 Å². The van der Waals surface area contributed by atoms with Gasteiger partial charge in [0.2, 0.25) is 0 Å². The zero-order valence-corrected chi connectivity index (χ0v) is 14.4. The number of ether oxygens (including phenoxy) is 1. The number of carbonyl (C=O) groups is 1. The lowest BCUT2D eigenvalue weighted by molar-refractivity contribution is 0.00718. The van der Waals surface area contributed by atoms with Crippen LogP contribution in [-0.4, -0.2) is 65.6 Å². The van der Waals surface area contributed by atoms with E-state index < -0.39 is 0 Å². The minimum atomic E-state index is -0.122. The molecule has 0 aromatic carbocycles. The maximum atomic E-state index is 12.1. The average Bonchev–Trinajstić information content (AvgIpc) is 3.00. The zero-order valence-electron chi connectivity index (χ0n) is 14.4. The van der Waals surface area contributed by atoms with E-state index in [4.69, 9.17) is 4.74 Å². The predicted molar refractivity (Wildman–Crippen MR) is 89.2 cm³/mol. The molecule has 2 atom stereocenters. The molecule has 0 aliphatic carbocycles. The largest absolute Gasteiger partial charge is 0.379 e. The third kappa shape index (κ3) is 5.84. The van der Waals surface area contributed by atoms with Gasteiger partial charge < -0.3 is 15.4 Å². The van der Waals surface area contributed by atoms with Crippen LogP contribution in [0.5, 0.6) is 0 Å². The van der Waals surface area contributed by atoms with Gasteiger partial charge in [-0.05, 0) is 18.9 Å². The number of rotatable bonds is 7. The lowest BCUT2D eigenvalue weighted by Gasteiger charge is -2.37. The second-order valence-corrected chi connectivity index (χ2v) is 6.44. The van der Waals surface area contributed by atoms with Crippen molar-refractivity contribution in [1.82, 2.24) is 25.3 Å². The minimum absolute atomic E-state index is 0.0239. The van der Waals surface area contributed by atoms with Gasteiger partial charge in [0.15, 0.2) is 0 Å². The maximum absolute atomic E-state index is 12.1. The van der Waals surface area contributed by atoms with E-state index >= 15 is 0 Å². The molecule has 1 saturated heterocycles. The van der Waals surface area contributed by atoms with Crippen LogP contribution < -0.4 is 10.6 Å². The second-order valence-electron chi connectivity index (χ2n) is 6.44. The third-order valence-corrected chi connectivity index (χ3v) is 4.15. The van der Waals surface area contributed by atoms with Gasteiger partial charge in [0.1, 0.15) is 0 Å². The van der Waals surface area contributed by atoms with Gasteiger partial charge in [-0.3, -0.25) is 9.58 Å². The Morgan fingerprint density at radius 2 is 2.04 bits per heavy atom. The fraction of sp³-hybridized carbons (Fsp3) is 0.750. The first kappa shape index (κ1) is 17.7. The van der Waals surface area contributed by atoms with Gasteiger partial charge in [0, 0.05) is 44.1 Å². The molecule has 0 bridgehead atoms. The highest BCUT2D eigenvalue weighted by atomic mass is 16.5. The number of amides is 2. The Hall–Kier alpha value is -1.60. The Kier molecular flexibility index (Phi) is 6.85. The molecule has 2 rings (SSSR count). The monoisotopic (exact) mass is 323 g/mol. The summed E-state index contributed by atoms with van der Waals surface area (Å²) in [6.07, 6.45) is 3.63. The van der Waals surface area contributed by atoms with Crippen LogP contribution in [-0.2, 0) is 11.3 Å². The van der Waals surface area contributed by atoms with Crippen molar-refractivity contribution >= 4 is 6.03 Å². The first-order valence-corrected chi connectivity index (χ1v) is 8.40. The number of nitrogens with one attached hydrogen (secondary N) is 2. The Morgan fingerprint density at radius 1 is 1.30 bits per heavy atom. The van der Waals surface area contributed by atoms with Crippen LogP contribution in [0, 0.1) is 5.92 Å². The summed E-state index contributed by atoms with van der Waals surface area (Å²) < 4.78 is 7.22. The molecule has 2 amide bonds. The van der Waals surface area contributed by atoms with Crippen molar-refractivity contribution in [2.24, 2.45) is 5.92 Å². The topological polar surface area (TPSA) is 71.4 Å². The van der Waals surface area contributed by atoms with Crippen molar-refractivity contribution in [2.45, 2.75) is 39.4 Å². The van der Waals surface area contributed by atoms with Crippen LogP contribution in [0.15, 0.2) is 18.5 Å². The summed E-state index contributed by atoms with van der Waals surface area (Å²) in [5.41, 5.74) is 0. The number of urea groups is 1. The number of carbonyl (C=O) groups excluding carboxylic acids is 1. The van der Waals surface area contributed by atoms with Crippen LogP contribution in [0.25, 0.3) is 0 Å². The Balaban J connectivity index is 1.74. The standard InChI is InChI=1S/C16H29N5O2/c1-13(2)15(20-7-9-23-10-8-20)11-17-16(22)19-14(3)12-21-6-4-5-18-21/h4-6,13-15H,7-12H2,1-3H3,(H2,17,19,22)/t14-,15+/m0/s1. The number of nitrogens with zero attached hydrogens (tertiary/aromatic N) is 3. The van der Waals surface area contributed by atoms with Crippen LogP contribution >= 0.6 is 0 Å².